The van der Waals surface area contributed by atoms with E-state index in [2.05, 4.69) is 42.6 Å². The number of fused-ring (bicyclic) bond motifs is 1. The van der Waals surface area contributed by atoms with Crippen LogP contribution < -0.4 is 5.32 Å². The fourth-order valence-electron chi connectivity index (χ4n) is 2.42. The van der Waals surface area contributed by atoms with E-state index in [0.717, 1.165) is 24.3 Å². The van der Waals surface area contributed by atoms with Crippen molar-refractivity contribution < 1.29 is 0 Å². The molecule has 1 N–H and O–H groups in total. The molecule has 4 nitrogen and oxygen atoms in total. The SMILES string of the molecule is CCNC(C)Cc1nc2cnccc2n1C(C)C. The Labute approximate surface area is 108 Å². The van der Waals surface area contributed by atoms with Crippen LogP contribution in [0.2, 0.25) is 0 Å². The topological polar surface area (TPSA) is 42.7 Å². The van der Waals surface area contributed by atoms with Crippen LogP contribution in [0.4, 0.5) is 0 Å². The van der Waals surface area contributed by atoms with Gasteiger partial charge in [-0.2, -0.15) is 0 Å². The minimum Gasteiger partial charge on any atom is -0.325 e. The summed E-state index contributed by atoms with van der Waals surface area (Å²) in [6, 6.07) is 2.91. The molecule has 0 radical (unpaired) electrons. The number of imidazole rings is 1. The van der Waals surface area contributed by atoms with Crippen LogP contribution in [0.25, 0.3) is 11.0 Å². The van der Waals surface area contributed by atoms with E-state index in [4.69, 9.17) is 4.98 Å². The van der Waals surface area contributed by atoms with E-state index in [1.807, 2.05) is 18.5 Å². The molecule has 98 valence electrons. The maximum Gasteiger partial charge on any atom is 0.111 e. The number of hydrogen-bond acceptors (Lipinski definition) is 3. The summed E-state index contributed by atoms with van der Waals surface area (Å²) in [4.78, 5) is 8.87. The van der Waals surface area contributed by atoms with Gasteiger partial charge >= 0.3 is 0 Å². The number of aromatic nitrogens is 3. The summed E-state index contributed by atoms with van der Waals surface area (Å²) in [6.45, 7) is 9.72. The Balaban J connectivity index is 2.39. The second-order valence-electron chi connectivity index (χ2n) is 5.02. The second kappa shape index (κ2) is 5.48. The van der Waals surface area contributed by atoms with Gasteiger partial charge < -0.3 is 9.88 Å². The van der Waals surface area contributed by atoms with Gasteiger partial charge in [0.15, 0.2) is 0 Å². The van der Waals surface area contributed by atoms with Gasteiger partial charge in [-0.05, 0) is 33.4 Å². The molecule has 0 bridgehead atoms. The zero-order valence-electron chi connectivity index (χ0n) is 11.6. The van der Waals surface area contributed by atoms with Gasteiger partial charge in [0.1, 0.15) is 11.3 Å². The summed E-state index contributed by atoms with van der Waals surface area (Å²) >= 11 is 0. The number of nitrogens with zero attached hydrogens (tertiary/aromatic N) is 3. The van der Waals surface area contributed by atoms with Gasteiger partial charge in [-0.15, -0.1) is 0 Å². The molecule has 2 heterocycles. The van der Waals surface area contributed by atoms with Gasteiger partial charge in [0.05, 0.1) is 11.7 Å². The Morgan fingerprint density at radius 3 is 2.78 bits per heavy atom. The molecule has 0 aliphatic heterocycles. The highest BCUT2D eigenvalue weighted by Gasteiger charge is 2.15. The molecule has 0 saturated carbocycles. The average molecular weight is 246 g/mol. The van der Waals surface area contributed by atoms with Gasteiger partial charge in [-0.3, -0.25) is 4.98 Å². The van der Waals surface area contributed by atoms with Crippen molar-refractivity contribution >= 4 is 11.0 Å². The minimum atomic E-state index is 0.418. The van der Waals surface area contributed by atoms with Crippen molar-refractivity contribution in [3.05, 3.63) is 24.3 Å². The number of pyridine rings is 1. The van der Waals surface area contributed by atoms with Crippen molar-refractivity contribution in [2.45, 2.75) is 46.2 Å². The van der Waals surface area contributed by atoms with E-state index < -0.39 is 0 Å². The molecule has 1 unspecified atom stereocenters. The van der Waals surface area contributed by atoms with E-state index in [0.29, 0.717) is 12.1 Å². The zero-order valence-corrected chi connectivity index (χ0v) is 11.6. The number of rotatable bonds is 5. The molecule has 18 heavy (non-hydrogen) atoms. The Morgan fingerprint density at radius 1 is 1.33 bits per heavy atom. The third kappa shape index (κ3) is 2.53. The van der Waals surface area contributed by atoms with Gasteiger partial charge in [0, 0.05) is 24.7 Å². The lowest BCUT2D eigenvalue weighted by Crippen LogP contribution is -2.29. The molecular formula is C14H22N4. The number of nitrogens with one attached hydrogen (secondary N) is 1. The first-order valence-electron chi connectivity index (χ1n) is 6.67. The molecule has 2 rings (SSSR count). The highest BCUT2D eigenvalue weighted by Crippen LogP contribution is 2.20. The number of likely N-dealkylation sites (N-methyl/N-ethyl adjacent to an activating group) is 1. The molecule has 2 aromatic heterocycles. The van der Waals surface area contributed by atoms with Gasteiger partial charge in [-0.25, -0.2) is 4.98 Å². The Kier molecular flexibility index (Phi) is 3.97. The van der Waals surface area contributed by atoms with E-state index >= 15 is 0 Å². The van der Waals surface area contributed by atoms with Crippen LogP contribution in [0.15, 0.2) is 18.5 Å². The third-order valence-corrected chi connectivity index (χ3v) is 3.12. The van der Waals surface area contributed by atoms with E-state index in [1.54, 1.807) is 0 Å². The van der Waals surface area contributed by atoms with Crippen molar-refractivity contribution in [2.75, 3.05) is 6.54 Å². The van der Waals surface area contributed by atoms with Crippen LogP contribution in [0, 0.1) is 0 Å². The fourth-order valence-corrected chi connectivity index (χ4v) is 2.42. The first-order valence-corrected chi connectivity index (χ1v) is 6.67. The molecule has 0 aliphatic rings. The standard InChI is InChI=1S/C14H22N4/c1-5-16-11(4)8-14-17-12-9-15-7-6-13(12)18(14)10(2)3/h6-7,9-11,16H,5,8H2,1-4H3. The van der Waals surface area contributed by atoms with Crippen LogP contribution >= 0.6 is 0 Å². The van der Waals surface area contributed by atoms with E-state index in [1.165, 1.54) is 5.52 Å². The maximum absolute atomic E-state index is 4.72. The predicted molar refractivity (Wildman–Crippen MR) is 74.8 cm³/mol. The van der Waals surface area contributed by atoms with Crippen LogP contribution in [0.5, 0.6) is 0 Å². The Bertz CT molecular complexity index is 515. The highest BCUT2D eigenvalue weighted by molar-refractivity contribution is 5.74. The molecule has 0 aromatic carbocycles. The lowest BCUT2D eigenvalue weighted by atomic mass is 10.2. The summed E-state index contributed by atoms with van der Waals surface area (Å²) in [5, 5.41) is 3.44. The Morgan fingerprint density at radius 2 is 2.11 bits per heavy atom. The molecule has 0 aliphatic carbocycles. The normalized spacial score (nSPS) is 13.4. The van der Waals surface area contributed by atoms with E-state index in [-0.39, 0.29) is 0 Å². The molecule has 0 saturated heterocycles. The largest absolute Gasteiger partial charge is 0.325 e. The van der Waals surface area contributed by atoms with Crippen LogP contribution in [0.1, 0.15) is 39.6 Å². The molecule has 0 spiro atoms. The maximum atomic E-state index is 4.72. The fraction of sp³-hybridized carbons (Fsp3) is 0.571. The number of hydrogen-bond donors (Lipinski definition) is 1. The monoisotopic (exact) mass is 246 g/mol. The quantitative estimate of drug-likeness (QED) is 0.881. The third-order valence-electron chi connectivity index (χ3n) is 3.12. The lowest BCUT2D eigenvalue weighted by molar-refractivity contribution is 0.515. The molecular weight excluding hydrogens is 224 g/mol. The smallest absolute Gasteiger partial charge is 0.111 e. The summed E-state index contributed by atoms with van der Waals surface area (Å²) in [5.74, 6) is 1.14. The summed E-state index contributed by atoms with van der Waals surface area (Å²) < 4.78 is 2.31. The Hall–Kier alpha value is -1.42. The van der Waals surface area contributed by atoms with Crippen molar-refractivity contribution in [1.29, 1.82) is 0 Å². The van der Waals surface area contributed by atoms with Crippen molar-refractivity contribution in [2.24, 2.45) is 0 Å². The molecule has 0 fully saturated rings. The summed E-state index contributed by atoms with van der Waals surface area (Å²) in [7, 11) is 0. The molecule has 2 aromatic rings. The van der Waals surface area contributed by atoms with Crippen molar-refractivity contribution in [1.82, 2.24) is 19.9 Å². The average Bonchev–Trinajstić information content (AvgIpc) is 2.66. The van der Waals surface area contributed by atoms with Crippen molar-refractivity contribution in [3.8, 4) is 0 Å². The van der Waals surface area contributed by atoms with Crippen LogP contribution in [-0.2, 0) is 6.42 Å². The van der Waals surface area contributed by atoms with Crippen molar-refractivity contribution in [3.63, 3.8) is 0 Å². The molecule has 4 heteroatoms. The van der Waals surface area contributed by atoms with Crippen LogP contribution in [0.3, 0.4) is 0 Å². The van der Waals surface area contributed by atoms with Gasteiger partial charge in [-0.1, -0.05) is 6.92 Å². The second-order valence-corrected chi connectivity index (χ2v) is 5.02. The lowest BCUT2D eigenvalue weighted by Gasteiger charge is -2.16. The zero-order chi connectivity index (χ0) is 13.1. The minimum absolute atomic E-state index is 0.418. The molecule has 0 amide bonds. The summed E-state index contributed by atoms with van der Waals surface area (Å²) in [5.41, 5.74) is 2.17. The molecule has 1 atom stereocenters. The highest BCUT2D eigenvalue weighted by atomic mass is 15.1. The van der Waals surface area contributed by atoms with Gasteiger partial charge in [0.25, 0.3) is 0 Å². The van der Waals surface area contributed by atoms with E-state index in [9.17, 15) is 0 Å². The van der Waals surface area contributed by atoms with Gasteiger partial charge in [0.2, 0.25) is 0 Å². The summed E-state index contributed by atoms with van der Waals surface area (Å²) in [6.07, 6.45) is 4.62. The first kappa shape index (κ1) is 13.0. The first-order chi connectivity index (χ1) is 8.63. The van der Waals surface area contributed by atoms with Crippen LogP contribution in [-0.4, -0.2) is 27.1 Å². The predicted octanol–water partition coefficient (Wildman–Crippen LogP) is 2.55.